The summed E-state index contributed by atoms with van der Waals surface area (Å²) in [6.45, 7) is 18.3. The van der Waals surface area contributed by atoms with Crippen LogP contribution < -0.4 is 10.4 Å². The third-order valence-corrected chi connectivity index (χ3v) is 14.0. The maximum Gasteiger partial charge on any atom is 2.00 e. The van der Waals surface area contributed by atoms with Gasteiger partial charge in [-0.25, -0.2) is 12.2 Å². The summed E-state index contributed by atoms with van der Waals surface area (Å²) < 4.78 is 11.7. The van der Waals surface area contributed by atoms with Crippen LogP contribution in [-0.4, -0.2) is 16.1 Å². The van der Waals surface area contributed by atoms with Crippen LogP contribution in [0, 0.1) is 26.0 Å². The summed E-state index contributed by atoms with van der Waals surface area (Å²) in [7, 11) is -2.53. The molecule has 2 aliphatic carbocycles. The monoisotopic (exact) mass is 776 g/mol. The van der Waals surface area contributed by atoms with E-state index in [9.17, 15) is 0 Å². The Labute approximate surface area is 325 Å². The number of rotatable bonds is 6. The Morgan fingerprint density at radius 2 is 0.843 bits per heavy atom. The molecule has 2 heterocycles. The molecule has 2 aliphatic rings. The molecular weight excluding hydrogens is 732 g/mol. The van der Waals surface area contributed by atoms with Crippen LogP contribution in [0.5, 0.6) is 0 Å². The summed E-state index contributed by atoms with van der Waals surface area (Å²) in [6.07, 6.45) is 11.2. The number of allylic oxidation sites excluding steroid dienone is 2. The number of hydrogen-bond donors (Lipinski definition) is 0. The standard InChI is InChI=1S/2C23H23OSi.Zr/c2*1-16-8-15-23(24-16)22-14-13-21-19(6-5-7-20(21)22)17-9-11-18(12-10-17)25(2,3)4;/h2*5-13,15,22H,1-4H3;/q2*-1;+2. The second kappa shape index (κ2) is 14.7. The van der Waals surface area contributed by atoms with Gasteiger partial charge in [-0.15, -0.1) is 11.1 Å². The van der Waals surface area contributed by atoms with Crippen LogP contribution in [0.4, 0.5) is 0 Å². The molecule has 0 bridgehead atoms. The predicted octanol–water partition coefficient (Wildman–Crippen LogP) is 11.5. The van der Waals surface area contributed by atoms with E-state index < -0.39 is 16.1 Å². The van der Waals surface area contributed by atoms with E-state index in [0.717, 1.165) is 23.0 Å². The Kier molecular flexibility index (Phi) is 10.7. The number of furan rings is 2. The van der Waals surface area contributed by atoms with Crippen molar-refractivity contribution in [3.8, 4) is 22.3 Å². The summed E-state index contributed by atoms with van der Waals surface area (Å²) in [6, 6.07) is 39.5. The molecule has 2 nitrogen and oxygen atoms in total. The van der Waals surface area contributed by atoms with Crippen LogP contribution >= 0.6 is 0 Å². The zero-order valence-electron chi connectivity index (χ0n) is 31.0. The van der Waals surface area contributed by atoms with Gasteiger partial charge in [0.25, 0.3) is 0 Å². The van der Waals surface area contributed by atoms with E-state index in [1.807, 2.05) is 26.0 Å². The molecule has 0 saturated carbocycles. The summed E-state index contributed by atoms with van der Waals surface area (Å²) in [5, 5.41) is 2.99. The molecule has 0 spiro atoms. The fraction of sp³-hybridized carbons (Fsp3) is 0.217. The number of fused-ring (bicyclic) bond motifs is 2. The van der Waals surface area contributed by atoms with Crippen molar-refractivity contribution in [2.75, 3.05) is 0 Å². The summed E-state index contributed by atoms with van der Waals surface area (Å²) >= 11 is 0. The number of hydrogen-bond acceptors (Lipinski definition) is 2. The first-order chi connectivity index (χ1) is 23.9. The van der Waals surface area contributed by atoms with Gasteiger partial charge in [0.15, 0.2) is 0 Å². The molecule has 2 unspecified atom stereocenters. The minimum atomic E-state index is -1.26. The van der Waals surface area contributed by atoms with Gasteiger partial charge in [0, 0.05) is 0 Å². The van der Waals surface area contributed by atoms with Crippen LogP contribution in [0.3, 0.4) is 0 Å². The summed E-state index contributed by atoms with van der Waals surface area (Å²) in [4.78, 5) is 0. The van der Waals surface area contributed by atoms with E-state index >= 15 is 0 Å². The smallest absolute Gasteiger partial charge is 0.467 e. The second-order valence-electron chi connectivity index (χ2n) is 15.7. The molecule has 0 N–H and O–H groups in total. The molecule has 0 radical (unpaired) electrons. The van der Waals surface area contributed by atoms with Crippen molar-refractivity contribution in [1.82, 2.24) is 0 Å². The van der Waals surface area contributed by atoms with E-state index in [-0.39, 0.29) is 38.0 Å². The molecule has 0 fully saturated rings. The zero-order valence-corrected chi connectivity index (χ0v) is 35.5. The van der Waals surface area contributed by atoms with E-state index in [2.05, 4.69) is 161 Å². The molecule has 0 saturated heterocycles. The van der Waals surface area contributed by atoms with Crippen LogP contribution in [-0.2, 0) is 26.2 Å². The summed E-state index contributed by atoms with van der Waals surface area (Å²) in [5.74, 6) is 4.04. The average Bonchev–Trinajstić information content (AvgIpc) is 3.90. The molecule has 5 heteroatoms. The van der Waals surface area contributed by atoms with Gasteiger partial charge in [-0.05, 0) is 61.1 Å². The molecule has 51 heavy (non-hydrogen) atoms. The van der Waals surface area contributed by atoms with Crippen LogP contribution in [0.2, 0.25) is 39.3 Å². The van der Waals surface area contributed by atoms with Gasteiger partial charge in [0.1, 0.15) is 11.5 Å². The van der Waals surface area contributed by atoms with Gasteiger partial charge >= 0.3 is 26.2 Å². The van der Waals surface area contributed by atoms with Crippen molar-refractivity contribution < 1.29 is 35.0 Å². The average molecular weight is 778 g/mol. The predicted molar refractivity (Wildman–Crippen MR) is 216 cm³/mol. The fourth-order valence-electron chi connectivity index (χ4n) is 7.00. The first kappa shape index (κ1) is 37.0. The third-order valence-electron chi connectivity index (χ3n) is 9.91. The van der Waals surface area contributed by atoms with Crippen molar-refractivity contribution in [3.63, 3.8) is 0 Å². The molecule has 4 aromatic carbocycles. The molecule has 0 amide bonds. The normalized spacial score (nSPS) is 15.9. The topological polar surface area (TPSA) is 26.3 Å². The SMILES string of the molecule is Cc1ccc(C2[C-]=Cc3c(-c4ccc([Si](C)(C)C)cc4)cccc32)o1.Cc1ccc(C2[C-]=Cc3c(-c4ccc([Si](C)(C)C)cc4)cccc32)o1.[Zr+2]. The minimum absolute atomic E-state index is 0. The minimum Gasteiger partial charge on any atom is -0.467 e. The van der Waals surface area contributed by atoms with E-state index in [4.69, 9.17) is 8.83 Å². The van der Waals surface area contributed by atoms with Crippen molar-refractivity contribution in [1.29, 1.82) is 0 Å². The first-order valence-corrected chi connectivity index (χ1v) is 24.7. The van der Waals surface area contributed by atoms with E-state index in [1.165, 1.54) is 54.9 Å². The van der Waals surface area contributed by atoms with Gasteiger partial charge in [-0.2, -0.15) is 11.1 Å². The van der Waals surface area contributed by atoms with Crippen molar-refractivity contribution >= 4 is 38.7 Å². The van der Waals surface area contributed by atoms with Crippen LogP contribution in [0.1, 0.15) is 57.1 Å². The molecule has 0 aliphatic heterocycles. The second-order valence-corrected chi connectivity index (χ2v) is 25.8. The quantitative estimate of drug-likeness (QED) is 0.124. The largest absolute Gasteiger partial charge is 2.00 e. The van der Waals surface area contributed by atoms with E-state index in [1.54, 1.807) is 0 Å². The molecule has 2 aromatic heterocycles. The van der Waals surface area contributed by atoms with Crippen LogP contribution in [0.25, 0.3) is 34.4 Å². The van der Waals surface area contributed by atoms with Crippen molar-refractivity contribution in [2.45, 2.75) is 65.0 Å². The third kappa shape index (κ3) is 7.72. The Balaban J connectivity index is 0.000000172. The van der Waals surface area contributed by atoms with Crippen molar-refractivity contribution in [2.24, 2.45) is 0 Å². The van der Waals surface area contributed by atoms with Crippen molar-refractivity contribution in [3.05, 3.63) is 167 Å². The fourth-order valence-corrected chi connectivity index (χ4v) is 9.33. The van der Waals surface area contributed by atoms with Gasteiger partial charge in [-0.1, -0.05) is 146 Å². The number of benzene rings is 4. The number of aryl methyl sites for hydroxylation is 2. The molecule has 2 atom stereocenters. The zero-order chi connectivity index (χ0) is 35.2. The van der Waals surface area contributed by atoms with Gasteiger partial charge in [0.05, 0.1) is 27.7 Å². The van der Waals surface area contributed by atoms with Crippen LogP contribution in [0.15, 0.2) is 118 Å². The molecule has 6 aromatic rings. The van der Waals surface area contributed by atoms with E-state index in [0.29, 0.717) is 0 Å². The Bertz CT molecular complexity index is 2040. The Hall–Kier alpha value is -3.76. The maximum absolute atomic E-state index is 5.85. The van der Waals surface area contributed by atoms with Gasteiger partial charge < -0.3 is 8.83 Å². The van der Waals surface area contributed by atoms with Gasteiger partial charge in [-0.3, -0.25) is 12.2 Å². The Morgan fingerprint density at radius 1 is 0.471 bits per heavy atom. The molecule has 8 rings (SSSR count). The molecule has 254 valence electrons. The molecular formula is C46H46O2Si2Zr. The maximum atomic E-state index is 5.85. The first-order valence-electron chi connectivity index (χ1n) is 17.7. The Morgan fingerprint density at radius 3 is 1.16 bits per heavy atom. The summed E-state index contributed by atoms with van der Waals surface area (Å²) in [5.41, 5.74) is 10.2. The van der Waals surface area contributed by atoms with Gasteiger partial charge in [0.2, 0.25) is 0 Å².